The molecule has 0 unspecified atom stereocenters. The Hall–Kier alpha value is -2.30. The van der Waals surface area contributed by atoms with Crippen LogP contribution >= 0.6 is 7.75 Å². The van der Waals surface area contributed by atoms with E-state index in [-0.39, 0.29) is 11.8 Å². The molecule has 0 aliphatic carbocycles. The standard InChI is InChI=1S/C18H21N2O4P/c19-18(21)15-11-13-20(14-12-15)25(22,23-16-7-3-1-4-8-16)24-17-9-5-2-6-10-17/h1-10,15H,11-14H2,(H2,19,21). The molecule has 1 aliphatic heterocycles. The van der Waals surface area contributed by atoms with E-state index in [1.54, 1.807) is 28.9 Å². The minimum atomic E-state index is -3.61. The molecule has 0 bridgehead atoms. The normalized spacial score (nSPS) is 16.3. The minimum Gasteiger partial charge on any atom is -0.404 e. The van der Waals surface area contributed by atoms with Gasteiger partial charge < -0.3 is 14.8 Å². The van der Waals surface area contributed by atoms with E-state index < -0.39 is 7.75 Å². The fourth-order valence-electron chi connectivity index (χ4n) is 2.76. The molecule has 1 saturated heterocycles. The predicted molar refractivity (Wildman–Crippen MR) is 95.2 cm³/mol. The van der Waals surface area contributed by atoms with Crippen LogP contribution < -0.4 is 14.8 Å². The fraction of sp³-hybridized carbons (Fsp3) is 0.278. The van der Waals surface area contributed by atoms with Gasteiger partial charge in [0.15, 0.2) is 0 Å². The van der Waals surface area contributed by atoms with Crippen molar-refractivity contribution in [2.75, 3.05) is 13.1 Å². The number of amides is 1. The zero-order valence-electron chi connectivity index (χ0n) is 13.8. The van der Waals surface area contributed by atoms with Crippen LogP contribution in [0.4, 0.5) is 0 Å². The summed E-state index contributed by atoms with van der Waals surface area (Å²) in [5, 5.41) is 0. The first-order chi connectivity index (χ1) is 12.1. The summed E-state index contributed by atoms with van der Waals surface area (Å²) in [6.45, 7) is 0.842. The van der Waals surface area contributed by atoms with E-state index >= 15 is 0 Å². The second-order valence-corrected chi connectivity index (χ2v) is 7.78. The number of nitrogens with zero attached hydrogens (tertiary/aromatic N) is 1. The monoisotopic (exact) mass is 360 g/mol. The first-order valence-electron chi connectivity index (χ1n) is 8.21. The van der Waals surface area contributed by atoms with Crippen LogP contribution in [0.1, 0.15) is 12.8 Å². The summed E-state index contributed by atoms with van der Waals surface area (Å²) in [6, 6.07) is 17.9. The molecule has 0 saturated carbocycles. The molecule has 0 radical (unpaired) electrons. The van der Waals surface area contributed by atoms with Crippen LogP contribution in [0.5, 0.6) is 11.5 Å². The van der Waals surface area contributed by atoms with Gasteiger partial charge >= 0.3 is 7.75 Å². The SMILES string of the molecule is NC(=O)C1CCN(P(=O)(Oc2ccccc2)Oc2ccccc2)CC1. The van der Waals surface area contributed by atoms with Crippen LogP contribution in [0, 0.1) is 5.92 Å². The highest BCUT2D eigenvalue weighted by molar-refractivity contribution is 7.52. The van der Waals surface area contributed by atoms with Crippen molar-refractivity contribution >= 4 is 13.7 Å². The third-order valence-electron chi connectivity index (χ3n) is 4.15. The average Bonchev–Trinajstić information content (AvgIpc) is 2.63. The van der Waals surface area contributed by atoms with E-state index in [0.29, 0.717) is 37.4 Å². The maximum atomic E-state index is 13.5. The van der Waals surface area contributed by atoms with E-state index in [1.165, 1.54) is 0 Å². The number of benzene rings is 2. The first kappa shape index (κ1) is 17.5. The highest BCUT2D eigenvalue weighted by Gasteiger charge is 2.40. The lowest BCUT2D eigenvalue weighted by Crippen LogP contribution is -2.38. The minimum absolute atomic E-state index is 0.196. The molecule has 1 aliphatic rings. The van der Waals surface area contributed by atoms with Crippen LogP contribution in [-0.4, -0.2) is 23.7 Å². The topological polar surface area (TPSA) is 81.9 Å². The molecule has 6 nitrogen and oxygen atoms in total. The lowest BCUT2D eigenvalue weighted by molar-refractivity contribution is -0.122. The Morgan fingerprint density at radius 2 is 1.36 bits per heavy atom. The number of piperidine rings is 1. The fourth-order valence-corrected chi connectivity index (χ4v) is 4.52. The molecule has 1 heterocycles. The summed E-state index contributed by atoms with van der Waals surface area (Å²) in [7, 11) is -3.61. The van der Waals surface area contributed by atoms with Crippen LogP contribution in [0.2, 0.25) is 0 Å². The summed E-state index contributed by atoms with van der Waals surface area (Å²) in [5.41, 5.74) is 5.38. The molecule has 25 heavy (non-hydrogen) atoms. The third kappa shape index (κ3) is 4.41. The second-order valence-electron chi connectivity index (χ2n) is 5.91. The lowest BCUT2D eigenvalue weighted by Gasteiger charge is -2.34. The van der Waals surface area contributed by atoms with Crippen molar-refractivity contribution in [3.8, 4) is 11.5 Å². The maximum Gasteiger partial charge on any atom is 0.515 e. The van der Waals surface area contributed by atoms with Crippen molar-refractivity contribution in [1.82, 2.24) is 4.67 Å². The van der Waals surface area contributed by atoms with E-state index in [9.17, 15) is 9.36 Å². The lowest BCUT2D eigenvalue weighted by atomic mass is 9.98. The Morgan fingerprint density at radius 1 is 0.920 bits per heavy atom. The molecular formula is C18H21N2O4P. The zero-order valence-corrected chi connectivity index (χ0v) is 14.7. The predicted octanol–water partition coefficient (Wildman–Crippen LogP) is 3.45. The van der Waals surface area contributed by atoms with Gasteiger partial charge in [-0.2, -0.15) is 4.67 Å². The van der Waals surface area contributed by atoms with Crippen molar-refractivity contribution in [1.29, 1.82) is 0 Å². The molecule has 7 heteroatoms. The molecule has 1 amide bonds. The number of carbonyl (C=O) groups is 1. The van der Waals surface area contributed by atoms with Gasteiger partial charge in [0.2, 0.25) is 5.91 Å². The molecule has 0 aromatic heterocycles. The molecule has 2 aromatic carbocycles. The molecule has 2 aromatic rings. The van der Waals surface area contributed by atoms with E-state index in [0.717, 1.165) is 0 Å². The summed E-state index contributed by atoms with van der Waals surface area (Å²) in [4.78, 5) is 11.4. The zero-order chi connectivity index (χ0) is 17.7. The van der Waals surface area contributed by atoms with Crippen molar-refractivity contribution in [2.45, 2.75) is 12.8 Å². The van der Waals surface area contributed by atoms with Gasteiger partial charge in [0.1, 0.15) is 11.5 Å². The van der Waals surface area contributed by atoms with E-state index in [4.69, 9.17) is 14.8 Å². The Balaban J connectivity index is 1.81. The third-order valence-corrected chi connectivity index (χ3v) is 6.12. The van der Waals surface area contributed by atoms with Gasteiger partial charge in [-0.25, -0.2) is 4.57 Å². The number of para-hydroxylation sites is 2. The van der Waals surface area contributed by atoms with E-state index in [2.05, 4.69) is 0 Å². The summed E-state index contributed by atoms with van der Waals surface area (Å²) in [6.07, 6.45) is 1.07. The van der Waals surface area contributed by atoms with Gasteiger partial charge in [-0.05, 0) is 37.1 Å². The quantitative estimate of drug-likeness (QED) is 0.798. The number of carbonyl (C=O) groups excluding carboxylic acids is 1. The molecule has 3 rings (SSSR count). The van der Waals surface area contributed by atoms with Gasteiger partial charge in [0.25, 0.3) is 0 Å². The van der Waals surface area contributed by atoms with Crippen LogP contribution in [0.15, 0.2) is 60.7 Å². The van der Waals surface area contributed by atoms with Crippen molar-refractivity contribution in [2.24, 2.45) is 11.7 Å². The van der Waals surface area contributed by atoms with Crippen molar-refractivity contribution in [3.63, 3.8) is 0 Å². The molecule has 0 spiro atoms. The van der Waals surface area contributed by atoms with Crippen molar-refractivity contribution < 1.29 is 18.4 Å². The Kier molecular flexibility index (Phi) is 5.41. The average molecular weight is 360 g/mol. The smallest absolute Gasteiger partial charge is 0.404 e. The van der Waals surface area contributed by atoms with Gasteiger partial charge in [-0.1, -0.05) is 36.4 Å². The number of nitrogens with two attached hydrogens (primary N) is 1. The molecule has 1 fully saturated rings. The van der Waals surface area contributed by atoms with Gasteiger partial charge in [0, 0.05) is 19.0 Å². The first-order valence-corrected chi connectivity index (χ1v) is 9.70. The molecule has 0 atom stereocenters. The number of rotatable bonds is 6. The highest BCUT2D eigenvalue weighted by Crippen LogP contribution is 2.53. The van der Waals surface area contributed by atoms with Crippen LogP contribution in [0.3, 0.4) is 0 Å². The largest absolute Gasteiger partial charge is 0.515 e. The maximum absolute atomic E-state index is 13.5. The van der Waals surface area contributed by atoms with Gasteiger partial charge in [-0.3, -0.25) is 4.79 Å². The van der Waals surface area contributed by atoms with Gasteiger partial charge in [0.05, 0.1) is 0 Å². The Morgan fingerprint density at radius 3 is 1.76 bits per heavy atom. The number of hydrogen-bond donors (Lipinski definition) is 1. The Labute approximate surface area is 147 Å². The molecule has 132 valence electrons. The second kappa shape index (κ2) is 7.72. The molecule has 2 N–H and O–H groups in total. The van der Waals surface area contributed by atoms with Crippen LogP contribution in [-0.2, 0) is 9.36 Å². The summed E-state index contributed by atoms with van der Waals surface area (Å²) < 4.78 is 26.8. The van der Waals surface area contributed by atoms with Gasteiger partial charge in [-0.15, -0.1) is 0 Å². The number of hydrogen-bond acceptors (Lipinski definition) is 4. The van der Waals surface area contributed by atoms with Crippen LogP contribution in [0.25, 0.3) is 0 Å². The number of primary amides is 1. The highest BCUT2D eigenvalue weighted by atomic mass is 31.2. The summed E-state index contributed by atoms with van der Waals surface area (Å²) >= 11 is 0. The summed E-state index contributed by atoms with van der Waals surface area (Å²) in [5.74, 6) is 0.429. The Bertz CT molecular complexity index is 701. The van der Waals surface area contributed by atoms with E-state index in [1.807, 2.05) is 36.4 Å². The molecular weight excluding hydrogens is 339 g/mol. The van der Waals surface area contributed by atoms with Crippen molar-refractivity contribution in [3.05, 3.63) is 60.7 Å².